The second-order valence-electron chi connectivity index (χ2n) is 4.66. The van der Waals surface area contributed by atoms with Crippen molar-refractivity contribution in [2.24, 2.45) is 7.05 Å². The fourth-order valence-electron chi connectivity index (χ4n) is 2.18. The third-order valence-electron chi connectivity index (χ3n) is 3.21. The molecule has 1 aromatic carbocycles. The van der Waals surface area contributed by atoms with E-state index in [0.29, 0.717) is 0 Å². The minimum absolute atomic E-state index is 0.170. The summed E-state index contributed by atoms with van der Waals surface area (Å²) >= 11 is 0. The maximum atomic E-state index is 5.15. The number of ether oxygens (including phenoxy) is 1. The highest BCUT2D eigenvalue weighted by Crippen LogP contribution is 2.21. The minimum Gasteiger partial charge on any atom is -0.384 e. The number of nitrogens with zero attached hydrogens (tertiary/aromatic N) is 2. The highest BCUT2D eigenvalue weighted by molar-refractivity contribution is 5.52. The lowest BCUT2D eigenvalue weighted by Gasteiger charge is -2.18. The first-order chi connectivity index (χ1) is 9.22. The molecular weight excluding hydrogens is 238 g/mol. The van der Waals surface area contributed by atoms with Gasteiger partial charge < -0.3 is 14.6 Å². The van der Waals surface area contributed by atoms with Gasteiger partial charge in [0.15, 0.2) is 0 Å². The second-order valence-corrected chi connectivity index (χ2v) is 4.66. The zero-order chi connectivity index (χ0) is 13.7. The summed E-state index contributed by atoms with van der Waals surface area (Å²) < 4.78 is 7.19. The Kier molecular flexibility index (Phi) is 4.58. The fraction of sp³-hybridized carbons (Fsp3) is 0.400. The molecule has 0 spiro atoms. The summed E-state index contributed by atoms with van der Waals surface area (Å²) in [5.41, 5.74) is 2.42. The minimum atomic E-state index is 0.170. The van der Waals surface area contributed by atoms with Gasteiger partial charge in [0.1, 0.15) is 5.82 Å². The van der Waals surface area contributed by atoms with Crippen LogP contribution in [0.4, 0.5) is 5.69 Å². The van der Waals surface area contributed by atoms with E-state index in [0.717, 1.165) is 24.5 Å². The number of hydrogen-bond donors (Lipinski definition) is 1. The molecule has 4 heteroatoms. The van der Waals surface area contributed by atoms with E-state index in [9.17, 15) is 0 Å². The Morgan fingerprint density at radius 3 is 2.84 bits per heavy atom. The van der Waals surface area contributed by atoms with Crippen LogP contribution in [-0.4, -0.2) is 23.3 Å². The molecule has 0 saturated heterocycles. The summed E-state index contributed by atoms with van der Waals surface area (Å²) in [4.78, 5) is 4.38. The number of para-hydroxylation sites is 1. The molecular formula is C15H21N3O. The number of rotatable bonds is 6. The highest BCUT2D eigenvalue weighted by Gasteiger charge is 2.11. The van der Waals surface area contributed by atoms with Crippen molar-refractivity contribution in [3.05, 3.63) is 48.0 Å². The molecule has 0 saturated carbocycles. The SMILES string of the molecule is COCCc1ccccc1NC(C)c1nccn1C. The average Bonchev–Trinajstić information content (AvgIpc) is 2.84. The Morgan fingerprint density at radius 2 is 2.16 bits per heavy atom. The fourth-order valence-corrected chi connectivity index (χ4v) is 2.18. The first-order valence-corrected chi connectivity index (χ1v) is 6.53. The lowest BCUT2D eigenvalue weighted by Crippen LogP contribution is -2.13. The Labute approximate surface area is 114 Å². The molecule has 4 nitrogen and oxygen atoms in total. The summed E-state index contributed by atoms with van der Waals surface area (Å²) in [5.74, 6) is 1.03. The van der Waals surface area contributed by atoms with E-state index in [4.69, 9.17) is 4.74 Å². The Hall–Kier alpha value is -1.81. The maximum absolute atomic E-state index is 5.15. The summed E-state index contributed by atoms with van der Waals surface area (Å²) in [5, 5.41) is 3.52. The number of aromatic nitrogens is 2. The number of anilines is 1. The van der Waals surface area contributed by atoms with Crippen molar-refractivity contribution in [3.63, 3.8) is 0 Å². The van der Waals surface area contributed by atoms with Gasteiger partial charge in [0.05, 0.1) is 12.6 Å². The van der Waals surface area contributed by atoms with E-state index < -0.39 is 0 Å². The molecule has 0 bridgehead atoms. The molecule has 0 aliphatic heterocycles. The summed E-state index contributed by atoms with van der Waals surface area (Å²) in [6, 6.07) is 8.51. The van der Waals surface area contributed by atoms with Crippen LogP contribution in [0.3, 0.4) is 0 Å². The molecule has 1 aromatic heterocycles. The largest absolute Gasteiger partial charge is 0.384 e. The van der Waals surface area contributed by atoms with E-state index in [-0.39, 0.29) is 6.04 Å². The Bertz CT molecular complexity index is 522. The van der Waals surface area contributed by atoms with Crippen molar-refractivity contribution < 1.29 is 4.74 Å². The normalized spacial score (nSPS) is 12.4. The first-order valence-electron chi connectivity index (χ1n) is 6.53. The predicted octanol–water partition coefficient (Wildman–Crippen LogP) is 2.78. The van der Waals surface area contributed by atoms with Gasteiger partial charge in [0.2, 0.25) is 0 Å². The van der Waals surface area contributed by atoms with Gasteiger partial charge in [-0.05, 0) is 25.0 Å². The maximum Gasteiger partial charge on any atom is 0.130 e. The number of nitrogens with one attached hydrogen (secondary N) is 1. The van der Waals surface area contributed by atoms with Crippen LogP contribution in [-0.2, 0) is 18.2 Å². The molecule has 19 heavy (non-hydrogen) atoms. The number of benzene rings is 1. The second kappa shape index (κ2) is 6.38. The molecule has 2 rings (SSSR count). The molecule has 2 aromatic rings. The summed E-state index contributed by atoms with van der Waals surface area (Å²) in [6.45, 7) is 2.85. The molecule has 1 N–H and O–H groups in total. The van der Waals surface area contributed by atoms with Crippen molar-refractivity contribution in [3.8, 4) is 0 Å². The summed E-state index contributed by atoms with van der Waals surface area (Å²) in [6.07, 6.45) is 4.70. The third kappa shape index (κ3) is 3.35. The molecule has 0 amide bonds. The van der Waals surface area contributed by atoms with Crippen LogP contribution < -0.4 is 5.32 Å². The third-order valence-corrected chi connectivity index (χ3v) is 3.21. The van der Waals surface area contributed by atoms with Crippen LogP contribution in [0.25, 0.3) is 0 Å². The van der Waals surface area contributed by atoms with Crippen LogP contribution >= 0.6 is 0 Å². The van der Waals surface area contributed by atoms with Gasteiger partial charge in [0, 0.05) is 32.2 Å². The first kappa shape index (κ1) is 13.6. The van der Waals surface area contributed by atoms with Gasteiger partial charge in [-0.15, -0.1) is 0 Å². The standard InChI is InChI=1S/C15H21N3O/c1-12(15-16-9-10-18(15)2)17-14-7-5-4-6-13(14)8-11-19-3/h4-7,9-10,12,17H,8,11H2,1-3H3. The molecule has 1 atom stereocenters. The van der Waals surface area contributed by atoms with Crippen molar-refractivity contribution in [1.29, 1.82) is 0 Å². The van der Waals surface area contributed by atoms with Crippen LogP contribution in [0.1, 0.15) is 24.4 Å². The predicted molar refractivity (Wildman–Crippen MR) is 77.3 cm³/mol. The van der Waals surface area contributed by atoms with Gasteiger partial charge in [0.25, 0.3) is 0 Å². The zero-order valence-electron chi connectivity index (χ0n) is 11.8. The van der Waals surface area contributed by atoms with Crippen molar-refractivity contribution in [2.45, 2.75) is 19.4 Å². The Morgan fingerprint density at radius 1 is 1.37 bits per heavy atom. The molecule has 0 aliphatic rings. The summed E-state index contributed by atoms with van der Waals surface area (Å²) in [7, 11) is 3.74. The van der Waals surface area contributed by atoms with Gasteiger partial charge >= 0.3 is 0 Å². The molecule has 0 radical (unpaired) electrons. The van der Waals surface area contributed by atoms with Crippen LogP contribution in [0.15, 0.2) is 36.7 Å². The number of methoxy groups -OCH3 is 1. The highest BCUT2D eigenvalue weighted by atomic mass is 16.5. The van der Waals surface area contributed by atoms with Crippen LogP contribution in [0, 0.1) is 0 Å². The number of aryl methyl sites for hydroxylation is 1. The van der Waals surface area contributed by atoms with Gasteiger partial charge in [-0.2, -0.15) is 0 Å². The monoisotopic (exact) mass is 259 g/mol. The smallest absolute Gasteiger partial charge is 0.130 e. The van der Waals surface area contributed by atoms with Gasteiger partial charge in [-0.1, -0.05) is 18.2 Å². The number of imidazole rings is 1. The Balaban J connectivity index is 2.12. The average molecular weight is 259 g/mol. The van der Waals surface area contributed by atoms with E-state index in [1.54, 1.807) is 7.11 Å². The van der Waals surface area contributed by atoms with Crippen LogP contribution in [0.5, 0.6) is 0 Å². The molecule has 102 valence electrons. The zero-order valence-corrected chi connectivity index (χ0v) is 11.8. The molecule has 0 aliphatic carbocycles. The van der Waals surface area contributed by atoms with Crippen molar-refractivity contribution in [2.75, 3.05) is 19.0 Å². The van der Waals surface area contributed by atoms with E-state index >= 15 is 0 Å². The van der Waals surface area contributed by atoms with E-state index in [2.05, 4.69) is 35.4 Å². The lowest BCUT2D eigenvalue weighted by molar-refractivity contribution is 0.202. The number of hydrogen-bond acceptors (Lipinski definition) is 3. The van der Waals surface area contributed by atoms with Crippen LogP contribution in [0.2, 0.25) is 0 Å². The van der Waals surface area contributed by atoms with E-state index in [1.165, 1.54) is 5.56 Å². The lowest BCUT2D eigenvalue weighted by atomic mass is 10.1. The van der Waals surface area contributed by atoms with E-state index in [1.807, 2.05) is 30.1 Å². The molecule has 1 unspecified atom stereocenters. The molecule has 1 heterocycles. The molecule has 0 fully saturated rings. The topological polar surface area (TPSA) is 39.1 Å². The van der Waals surface area contributed by atoms with Gasteiger partial charge in [-0.3, -0.25) is 0 Å². The van der Waals surface area contributed by atoms with Crippen molar-refractivity contribution >= 4 is 5.69 Å². The van der Waals surface area contributed by atoms with Crippen molar-refractivity contribution in [1.82, 2.24) is 9.55 Å². The quantitative estimate of drug-likeness (QED) is 0.867. The van der Waals surface area contributed by atoms with Gasteiger partial charge in [-0.25, -0.2) is 4.98 Å².